The number of nitrogens with zero attached hydrogens (tertiary/aromatic N) is 2. The van der Waals surface area contributed by atoms with Crippen LogP contribution in [-0.2, 0) is 11.3 Å². The van der Waals surface area contributed by atoms with Gasteiger partial charge in [0, 0.05) is 25.2 Å². The molecule has 1 rings (SSSR count). The van der Waals surface area contributed by atoms with Crippen LogP contribution in [-0.4, -0.2) is 31.7 Å². The number of hydrogen-bond donors (Lipinski definition) is 0. The van der Waals surface area contributed by atoms with E-state index in [1.165, 1.54) is 12.1 Å². The molecule has 0 aliphatic carbocycles. The van der Waals surface area contributed by atoms with Crippen LogP contribution in [0.1, 0.15) is 5.56 Å². The second-order valence-electron chi connectivity index (χ2n) is 3.60. The highest BCUT2D eigenvalue weighted by Gasteiger charge is 2.08. The van der Waals surface area contributed by atoms with E-state index in [0.29, 0.717) is 24.7 Å². The molecule has 0 aliphatic rings. The largest absolute Gasteiger partial charge is 0.383 e. The van der Waals surface area contributed by atoms with Crippen molar-refractivity contribution < 1.29 is 9.13 Å². The predicted octanol–water partition coefficient (Wildman–Crippen LogP) is 2.45. The SMILES string of the molecule is COCCN(CC#N)Cc1ccc(F)cc1Cl. The lowest BCUT2D eigenvalue weighted by Crippen LogP contribution is -2.27. The van der Waals surface area contributed by atoms with Crippen molar-refractivity contribution in [2.45, 2.75) is 6.54 Å². The molecule has 0 amide bonds. The van der Waals surface area contributed by atoms with Gasteiger partial charge in [-0.15, -0.1) is 0 Å². The Bertz CT molecular complexity index is 406. The van der Waals surface area contributed by atoms with Gasteiger partial charge in [-0.25, -0.2) is 4.39 Å². The highest BCUT2D eigenvalue weighted by atomic mass is 35.5. The molecule has 0 bridgehead atoms. The first-order valence-corrected chi connectivity index (χ1v) is 5.57. The highest BCUT2D eigenvalue weighted by Crippen LogP contribution is 2.18. The lowest BCUT2D eigenvalue weighted by molar-refractivity contribution is 0.152. The van der Waals surface area contributed by atoms with Gasteiger partial charge in [0.1, 0.15) is 5.82 Å². The van der Waals surface area contributed by atoms with Gasteiger partial charge in [0.2, 0.25) is 0 Å². The summed E-state index contributed by atoms with van der Waals surface area (Å²) < 4.78 is 17.8. The summed E-state index contributed by atoms with van der Waals surface area (Å²) >= 11 is 5.93. The van der Waals surface area contributed by atoms with Crippen molar-refractivity contribution in [1.29, 1.82) is 5.26 Å². The highest BCUT2D eigenvalue weighted by molar-refractivity contribution is 6.31. The van der Waals surface area contributed by atoms with Crippen molar-refractivity contribution in [3.8, 4) is 6.07 Å². The summed E-state index contributed by atoms with van der Waals surface area (Å²) in [5.41, 5.74) is 0.805. The summed E-state index contributed by atoms with van der Waals surface area (Å²) in [4.78, 5) is 1.89. The third-order valence-corrected chi connectivity index (χ3v) is 2.67. The fourth-order valence-corrected chi connectivity index (χ4v) is 1.65. The van der Waals surface area contributed by atoms with Crippen LogP contribution >= 0.6 is 11.6 Å². The van der Waals surface area contributed by atoms with Gasteiger partial charge >= 0.3 is 0 Å². The van der Waals surface area contributed by atoms with E-state index in [2.05, 4.69) is 6.07 Å². The molecule has 0 fully saturated rings. The van der Waals surface area contributed by atoms with Gasteiger partial charge in [-0.3, -0.25) is 4.90 Å². The van der Waals surface area contributed by atoms with E-state index in [1.54, 1.807) is 13.2 Å². The average Bonchev–Trinajstić information content (AvgIpc) is 2.29. The first-order chi connectivity index (χ1) is 8.17. The first-order valence-electron chi connectivity index (χ1n) is 5.19. The van der Waals surface area contributed by atoms with E-state index in [4.69, 9.17) is 21.6 Å². The summed E-state index contributed by atoms with van der Waals surface area (Å²) in [6.45, 7) is 1.98. The maximum atomic E-state index is 12.9. The second kappa shape index (κ2) is 7.23. The standard InChI is InChI=1S/C12H14ClFN2O/c1-17-7-6-16(5-4-15)9-10-2-3-11(14)8-12(10)13/h2-3,8H,5-7,9H2,1H3. The van der Waals surface area contributed by atoms with Crippen molar-refractivity contribution in [1.82, 2.24) is 4.90 Å². The van der Waals surface area contributed by atoms with Crippen molar-refractivity contribution in [2.24, 2.45) is 0 Å². The van der Waals surface area contributed by atoms with Crippen molar-refractivity contribution >= 4 is 11.6 Å². The van der Waals surface area contributed by atoms with Gasteiger partial charge in [-0.2, -0.15) is 5.26 Å². The minimum atomic E-state index is -0.359. The number of benzene rings is 1. The van der Waals surface area contributed by atoms with Gasteiger partial charge in [-0.05, 0) is 17.7 Å². The zero-order valence-corrected chi connectivity index (χ0v) is 10.4. The lowest BCUT2D eigenvalue weighted by Gasteiger charge is -2.19. The molecule has 5 heteroatoms. The number of hydrogen-bond acceptors (Lipinski definition) is 3. The zero-order chi connectivity index (χ0) is 12.7. The quantitative estimate of drug-likeness (QED) is 0.734. The van der Waals surface area contributed by atoms with Crippen LogP contribution < -0.4 is 0 Å². The lowest BCUT2D eigenvalue weighted by atomic mass is 10.2. The number of methoxy groups -OCH3 is 1. The average molecular weight is 257 g/mol. The molecule has 1 aromatic rings. The Morgan fingerprint density at radius 2 is 2.29 bits per heavy atom. The second-order valence-corrected chi connectivity index (χ2v) is 4.00. The van der Waals surface area contributed by atoms with E-state index in [-0.39, 0.29) is 12.4 Å². The van der Waals surface area contributed by atoms with Crippen LogP contribution in [0.15, 0.2) is 18.2 Å². The topological polar surface area (TPSA) is 36.3 Å². The van der Waals surface area contributed by atoms with Gasteiger partial charge in [0.05, 0.1) is 19.2 Å². The van der Waals surface area contributed by atoms with Crippen LogP contribution in [0.25, 0.3) is 0 Å². The third kappa shape index (κ3) is 4.70. The molecule has 0 atom stereocenters. The summed E-state index contributed by atoms with van der Waals surface area (Å²) in [6.07, 6.45) is 0. The van der Waals surface area contributed by atoms with Crippen LogP contribution in [0.2, 0.25) is 5.02 Å². The molecule has 0 radical (unpaired) electrons. The van der Waals surface area contributed by atoms with E-state index < -0.39 is 0 Å². The molecule has 17 heavy (non-hydrogen) atoms. The summed E-state index contributed by atoms with van der Waals surface area (Å²) in [7, 11) is 1.61. The molecule has 0 aliphatic heterocycles. The molecule has 0 heterocycles. The Morgan fingerprint density at radius 1 is 1.53 bits per heavy atom. The van der Waals surface area contributed by atoms with E-state index in [0.717, 1.165) is 5.56 Å². The van der Waals surface area contributed by atoms with Crippen LogP contribution in [0.5, 0.6) is 0 Å². The number of rotatable bonds is 6. The fraction of sp³-hybridized carbons (Fsp3) is 0.417. The zero-order valence-electron chi connectivity index (χ0n) is 9.62. The van der Waals surface area contributed by atoms with E-state index >= 15 is 0 Å². The van der Waals surface area contributed by atoms with Crippen molar-refractivity contribution in [2.75, 3.05) is 26.8 Å². The molecule has 0 saturated heterocycles. The fourth-order valence-electron chi connectivity index (χ4n) is 1.43. The van der Waals surface area contributed by atoms with E-state index in [1.807, 2.05) is 4.90 Å². The van der Waals surface area contributed by atoms with Gasteiger partial charge < -0.3 is 4.74 Å². The molecule has 0 aromatic heterocycles. The maximum absolute atomic E-state index is 12.9. The van der Waals surface area contributed by atoms with Crippen LogP contribution in [0, 0.1) is 17.1 Å². The Kier molecular flexibility index (Phi) is 5.92. The minimum Gasteiger partial charge on any atom is -0.383 e. The molecule has 1 aromatic carbocycles. The summed E-state index contributed by atoms with van der Waals surface area (Å²) in [5.74, 6) is -0.359. The normalized spacial score (nSPS) is 10.5. The Hall–Kier alpha value is -1.15. The number of halogens is 2. The van der Waals surface area contributed by atoms with Crippen molar-refractivity contribution in [3.63, 3.8) is 0 Å². The van der Waals surface area contributed by atoms with E-state index in [9.17, 15) is 4.39 Å². The van der Waals surface area contributed by atoms with Gasteiger partial charge in [0.15, 0.2) is 0 Å². The molecular weight excluding hydrogens is 243 g/mol. The monoisotopic (exact) mass is 256 g/mol. The molecule has 0 spiro atoms. The van der Waals surface area contributed by atoms with Gasteiger partial charge in [-0.1, -0.05) is 17.7 Å². The smallest absolute Gasteiger partial charge is 0.124 e. The minimum absolute atomic E-state index is 0.289. The summed E-state index contributed by atoms with van der Waals surface area (Å²) in [6, 6.07) is 6.35. The third-order valence-electron chi connectivity index (χ3n) is 2.32. The van der Waals surface area contributed by atoms with Gasteiger partial charge in [0.25, 0.3) is 0 Å². The molecule has 0 unspecified atom stereocenters. The Morgan fingerprint density at radius 3 is 2.88 bits per heavy atom. The number of ether oxygens (including phenoxy) is 1. The predicted molar refractivity (Wildman–Crippen MR) is 64.2 cm³/mol. The molecular formula is C12H14ClFN2O. The van der Waals surface area contributed by atoms with Crippen molar-refractivity contribution in [3.05, 3.63) is 34.6 Å². The maximum Gasteiger partial charge on any atom is 0.124 e. The number of nitriles is 1. The molecule has 0 N–H and O–H groups in total. The van der Waals surface area contributed by atoms with Crippen LogP contribution in [0.4, 0.5) is 4.39 Å². The Labute approximate surface area is 105 Å². The Balaban J connectivity index is 2.68. The van der Waals surface area contributed by atoms with Crippen LogP contribution in [0.3, 0.4) is 0 Å². The molecule has 0 saturated carbocycles. The first kappa shape index (κ1) is 13.9. The molecule has 3 nitrogen and oxygen atoms in total. The molecule has 92 valence electrons. The summed E-state index contributed by atoms with van der Waals surface area (Å²) in [5, 5.41) is 9.08.